The standard InChI is InChI=1S/C16H19BClF3O2S/c1-14(2)15(3,4)23-17(22-14)11(9-24)7-10-5-6-13(18)12(8-10)16(19,20)21/h5-8,24H,9H2,1-4H3. The molecule has 0 spiro atoms. The fraction of sp³-hybridized carbons (Fsp3) is 0.500. The highest BCUT2D eigenvalue weighted by Gasteiger charge is 2.52. The maximum Gasteiger partial charge on any atom is 0.491 e. The maximum atomic E-state index is 13.0. The zero-order chi connectivity index (χ0) is 18.3. The molecule has 1 aromatic carbocycles. The van der Waals surface area contributed by atoms with E-state index < -0.39 is 30.1 Å². The van der Waals surface area contributed by atoms with Gasteiger partial charge in [-0.25, -0.2) is 0 Å². The molecule has 2 rings (SSSR count). The lowest BCUT2D eigenvalue weighted by atomic mass is 9.78. The molecule has 24 heavy (non-hydrogen) atoms. The van der Waals surface area contributed by atoms with Crippen LogP contribution >= 0.6 is 24.2 Å². The van der Waals surface area contributed by atoms with Crippen LogP contribution in [0.15, 0.2) is 23.7 Å². The first-order valence-corrected chi connectivity index (χ1v) is 8.42. The lowest BCUT2D eigenvalue weighted by Gasteiger charge is -2.32. The van der Waals surface area contributed by atoms with Gasteiger partial charge < -0.3 is 9.31 Å². The summed E-state index contributed by atoms with van der Waals surface area (Å²) in [5.41, 5.74) is -0.920. The Morgan fingerprint density at radius 2 is 1.75 bits per heavy atom. The third-order valence-electron chi connectivity index (χ3n) is 4.39. The summed E-state index contributed by atoms with van der Waals surface area (Å²) >= 11 is 9.91. The van der Waals surface area contributed by atoms with E-state index in [1.807, 2.05) is 27.7 Å². The van der Waals surface area contributed by atoms with Crippen molar-refractivity contribution in [2.45, 2.75) is 45.1 Å². The van der Waals surface area contributed by atoms with Gasteiger partial charge in [-0.1, -0.05) is 23.7 Å². The van der Waals surface area contributed by atoms with Crippen LogP contribution in [0.1, 0.15) is 38.8 Å². The molecule has 0 bridgehead atoms. The Kier molecular flexibility index (Phi) is 5.41. The van der Waals surface area contributed by atoms with Crippen LogP contribution in [0.2, 0.25) is 5.02 Å². The second-order valence-electron chi connectivity index (χ2n) is 6.70. The summed E-state index contributed by atoms with van der Waals surface area (Å²) in [6, 6.07) is 3.76. The molecule has 1 aliphatic heterocycles. The van der Waals surface area contributed by atoms with E-state index in [-0.39, 0.29) is 5.02 Å². The molecule has 0 amide bonds. The van der Waals surface area contributed by atoms with Crippen LogP contribution < -0.4 is 0 Å². The van der Waals surface area contributed by atoms with Gasteiger partial charge in [0.1, 0.15) is 0 Å². The monoisotopic (exact) mass is 378 g/mol. The molecular weight excluding hydrogens is 360 g/mol. The molecule has 2 nitrogen and oxygen atoms in total. The molecule has 132 valence electrons. The first kappa shape index (κ1) is 19.7. The minimum Gasteiger partial charge on any atom is -0.400 e. The maximum absolute atomic E-state index is 13.0. The second kappa shape index (κ2) is 6.59. The molecule has 1 aromatic rings. The highest BCUT2D eigenvalue weighted by Crippen LogP contribution is 2.39. The molecule has 0 N–H and O–H groups in total. The van der Waals surface area contributed by atoms with Crippen molar-refractivity contribution in [3.63, 3.8) is 0 Å². The SMILES string of the molecule is CC1(C)OB(C(=Cc2ccc(Cl)c(C(F)(F)F)c2)CS)OC1(C)C. The highest BCUT2D eigenvalue weighted by atomic mass is 35.5. The van der Waals surface area contributed by atoms with Gasteiger partial charge in [-0.15, -0.1) is 0 Å². The number of alkyl halides is 3. The van der Waals surface area contributed by atoms with Crippen molar-refractivity contribution in [2.75, 3.05) is 5.75 Å². The molecule has 0 saturated carbocycles. The van der Waals surface area contributed by atoms with Gasteiger partial charge in [0.15, 0.2) is 0 Å². The lowest BCUT2D eigenvalue weighted by Crippen LogP contribution is -2.41. The molecule has 0 atom stereocenters. The van der Waals surface area contributed by atoms with Gasteiger partial charge >= 0.3 is 13.3 Å². The van der Waals surface area contributed by atoms with Gasteiger partial charge in [-0.3, -0.25) is 0 Å². The fourth-order valence-corrected chi connectivity index (χ4v) is 2.71. The summed E-state index contributed by atoms with van der Waals surface area (Å²) in [6.07, 6.45) is -2.91. The van der Waals surface area contributed by atoms with Crippen LogP contribution in [0.3, 0.4) is 0 Å². The largest absolute Gasteiger partial charge is 0.491 e. The topological polar surface area (TPSA) is 18.5 Å². The predicted molar refractivity (Wildman–Crippen MR) is 94.4 cm³/mol. The molecule has 1 aliphatic rings. The van der Waals surface area contributed by atoms with Crippen molar-refractivity contribution in [1.82, 2.24) is 0 Å². The van der Waals surface area contributed by atoms with E-state index in [9.17, 15) is 13.2 Å². The first-order valence-electron chi connectivity index (χ1n) is 7.41. The number of hydrogen-bond donors (Lipinski definition) is 1. The number of halogens is 4. The predicted octanol–water partition coefficient (Wildman–Crippen LogP) is 5.30. The van der Waals surface area contributed by atoms with Gasteiger partial charge in [-0.05, 0) is 50.9 Å². The van der Waals surface area contributed by atoms with Crippen molar-refractivity contribution in [3.05, 3.63) is 39.8 Å². The minimum atomic E-state index is -4.51. The smallest absolute Gasteiger partial charge is 0.400 e. The van der Waals surface area contributed by atoms with E-state index in [1.165, 1.54) is 12.1 Å². The second-order valence-corrected chi connectivity index (χ2v) is 7.43. The van der Waals surface area contributed by atoms with Gasteiger partial charge in [0.05, 0.1) is 21.8 Å². The Hall–Kier alpha value is -0.625. The number of benzene rings is 1. The molecule has 1 fully saturated rings. The van der Waals surface area contributed by atoms with Crippen LogP contribution in [0.25, 0.3) is 6.08 Å². The Morgan fingerprint density at radius 3 is 2.21 bits per heavy atom. The van der Waals surface area contributed by atoms with E-state index >= 15 is 0 Å². The minimum absolute atomic E-state index is 0.292. The number of rotatable bonds is 3. The first-order chi connectivity index (χ1) is 10.9. The van der Waals surface area contributed by atoms with Crippen LogP contribution in [-0.2, 0) is 15.5 Å². The zero-order valence-electron chi connectivity index (χ0n) is 13.9. The summed E-state index contributed by atoms with van der Waals surface area (Å²) in [5.74, 6) is 0.292. The summed E-state index contributed by atoms with van der Waals surface area (Å²) in [7, 11) is -0.655. The fourth-order valence-electron chi connectivity index (χ4n) is 2.25. The molecule has 1 saturated heterocycles. The molecular formula is C16H19BClF3O2S. The van der Waals surface area contributed by atoms with Gasteiger partial charge in [-0.2, -0.15) is 25.8 Å². The van der Waals surface area contributed by atoms with E-state index in [0.29, 0.717) is 16.8 Å². The molecule has 0 aliphatic carbocycles. The average Bonchev–Trinajstić information content (AvgIpc) is 2.65. The van der Waals surface area contributed by atoms with E-state index in [0.717, 1.165) is 6.07 Å². The Bertz CT molecular complexity index is 643. The molecule has 8 heteroatoms. The quantitative estimate of drug-likeness (QED) is 0.568. The van der Waals surface area contributed by atoms with Gasteiger partial charge in [0.2, 0.25) is 0 Å². The van der Waals surface area contributed by atoms with E-state index in [4.69, 9.17) is 20.9 Å². The average molecular weight is 379 g/mol. The number of thiol groups is 1. The van der Waals surface area contributed by atoms with Crippen molar-refractivity contribution in [1.29, 1.82) is 0 Å². The third-order valence-corrected chi connectivity index (χ3v) is 5.08. The van der Waals surface area contributed by atoms with E-state index in [1.54, 1.807) is 6.08 Å². The van der Waals surface area contributed by atoms with E-state index in [2.05, 4.69) is 12.6 Å². The lowest BCUT2D eigenvalue weighted by molar-refractivity contribution is -0.137. The summed E-state index contributed by atoms with van der Waals surface area (Å²) < 4.78 is 50.8. The molecule has 0 unspecified atom stereocenters. The zero-order valence-corrected chi connectivity index (χ0v) is 15.5. The molecule has 0 aromatic heterocycles. The summed E-state index contributed by atoms with van der Waals surface area (Å²) in [5, 5.41) is -0.331. The van der Waals surface area contributed by atoms with Crippen molar-refractivity contribution in [3.8, 4) is 0 Å². The van der Waals surface area contributed by atoms with Crippen LogP contribution in [0.5, 0.6) is 0 Å². The summed E-state index contributed by atoms with van der Waals surface area (Å²) in [6.45, 7) is 7.64. The Balaban J connectivity index is 2.36. The van der Waals surface area contributed by atoms with Crippen molar-refractivity contribution in [2.24, 2.45) is 0 Å². The van der Waals surface area contributed by atoms with Crippen LogP contribution in [0.4, 0.5) is 13.2 Å². The third kappa shape index (κ3) is 3.95. The van der Waals surface area contributed by atoms with Gasteiger partial charge in [0.25, 0.3) is 0 Å². The normalized spacial score (nSPS) is 20.5. The number of hydrogen-bond acceptors (Lipinski definition) is 3. The van der Waals surface area contributed by atoms with Crippen molar-refractivity contribution >= 4 is 37.4 Å². The van der Waals surface area contributed by atoms with Crippen molar-refractivity contribution < 1.29 is 22.5 Å². The summed E-state index contributed by atoms with van der Waals surface area (Å²) in [4.78, 5) is 0. The van der Waals surface area contributed by atoms with Crippen LogP contribution in [-0.4, -0.2) is 24.1 Å². The Morgan fingerprint density at radius 1 is 1.21 bits per heavy atom. The van der Waals surface area contributed by atoms with Gasteiger partial charge in [0, 0.05) is 5.75 Å². The Labute approximate surface area is 150 Å². The molecule has 0 radical (unpaired) electrons. The molecule has 1 heterocycles. The highest BCUT2D eigenvalue weighted by molar-refractivity contribution is 7.80. The van der Waals surface area contributed by atoms with Crippen LogP contribution in [0, 0.1) is 0 Å².